The first-order chi connectivity index (χ1) is 16.8. The van der Waals surface area contributed by atoms with E-state index in [1.165, 1.54) is 0 Å². The lowest BCUT2D eigenvalue weighted by molar-refractivity contribution is -0.291. The number of benzene rings is 1. The Morgan fingerprint density at radius 2 is 1.54 bits per heavy atom. The summed E-state index contributed by atoms with van der Waals surface area (Å²) < 4.78 is 24.7. The van der Waals surface area contributed by atoms with Crippen LogP contribution in [0.3, 0.4) is 0 Å². The zero-order valence-corrected chi connectivity index (χ0v) is 21.3. The van der Waals surface area contributed by atoms with Crippen molar-refractivity contribution in [3.63, 3.8) is 0 Å². The van der Waals surface area contributed by atoms with Gasteiger partial charge in [0.2, 0.25) is 0 Å². The number of thioether (sulfide) groups is 1. The van der Waals surface area contributed by atoms with Crippen molar-refractivity contribution in [2.45, 2.75) is 82.8 Å². The van der Waals surface area contributed by atoms with Crippen molar-refractivity contribution in [3.8, 4) is 0 Å². The topological polar surface area (TPSA) is 152 Å². The van der Waals surface area contributed by atoms with Crippen molar-refractivity contribution in [2.75, 3.05) is 5.75 Å². The molecule has 12 heteroatoms. The Labute approximate surface area is 209 Å². The van der Waals surface area contributed by atoms with Gasteiger partial charge < -0.3 is 18.9 Å². The highest BCUT2D eigenvalue weighted by atomic mass is 32.2. The molecule has 2 saturated heterocycles. The fourth-order valence-corrected chi connectivity index (χ4v) is 5.76. The maximum Gasteiger partial charge on any atom is 0.338 e. The highest BCUT2D eigenvalue weighted by Gasteiger charge is 2.49. The summed E-state index contributed by atoms with van der Waals surface area (Å²) in [7, 11) is 0. The minimum Gasteiger partial charge on any atom is -0.453 e. The van der Waals surface area contributed by atoms with Crippen LogP contribution in [0.15, 0.2) is 40.6 Å². The van der Waals surface area contributed by atoms with Crippen molar-refractivity contribution in [2.24, 2.45) is 22.1 Å². The molecule has 0 saturated carbocycles. The van der Waals surface area contributed by atoms with E-state index in [4.69, 9.17) is 30.0 Å². The van der Waals surface area contributed by atoms with E-state index in [0.717, 1.165) is 5.75 Å². The second-order valence-electron chi connectivity index (χ2n) is 8.82. The summed E-state index contributed by atoms with van der Waals surface area (Å²) in [5.41, 5.74) is 18.2. The van der Waals surface area contributed by atoms with Crippen LogP contribution >= 0.6 is 11.8 Å². The fourth-order valence-electron chi connectivity index (χ4n) is 4.68. The highest BCUT2D eigenvalue weighted by Crippen LogP contribution is 2.39. The fraction of sp³-hybridized carbons (Fsp3) is 0.696. The molecule has 0 aliphatic carbocycles. The van der Waals surface area contributed by atoms with Gasteiger partial charge in [-0.3, -0.25) is 0 Å². The van der Waals surface area contributed by atoms with Crippen LogP contribution in [0.25, 0.3) is 20.9 Å². The maximum atomic E-state index is 12.9. The number of esters is 1. The maximum absolute atomic E-state index is 12.9. The Kier molecular flexibility index (Phi) is 9.68. The molecule has 2 fully saturated rings. The van der Waals surface area contributed by atoms with Gasteiger partial charge in [0, 0.05) is 15.7 Å². The molecule has 0 amide bonds. The van der Waals surface area contributed by atoms with Gasteiger partial charge in [-0.15, -0.1) is 11.8 Å². The monoisotopic (exact) mass is 504 g/mol. The first-order valence-corrected chi connectivity index (χ1v) is 12.8. The molecule has 4 unspecified atom stereocenters. The molecule has 2 aliphatic heterocycles. The SMILES string of the molecule is CCS[C@H]1OC(C)[C@@H](N=[N+]=[N-])[C@H](C)C1O[C@H]1OC(C)[C@@H](N=[N+]=[N-])[C@H](C)C1OC(=O)c1ccccc1. The van der Waals surface area contributed by atoms with Gasteiger partial charge in [-0.25, -0.2) is 4.79 Å². The largest absolute Gasteiger partial charge is 0.453 e. The van der Waals surface area contributed by atoms with Crippen LogP contribution in [0.1, 0.15) is 45.0 Å². The molecule has 0 radical (unpaired) electrons. The van der Waals surface area contributed by atoms with Crippen LogP contribution in [0.4, 0.5) is 0 Å². The van der Waals surface area contributed by atoms with E-state index in [1.807, 2.05) is 33.8 Å². The highest BCUT2D eigenvalue weighted by molar-refractivity contribution is 7.99. The van der Waals surface area contributed by atoms with E-state index in [9.17, 15) is 4.79 Å². The zero-order valence-electron chi connectivity index (χ0n) is 20.5. The van der Waals surface area contributed by atoms with Crippen molar-refractivity contribution < 1.29 is 23.7 Å². The number of carbonyl (C=O) groups is 1. The van der Waals surface area contributed by atoms with Gasteiger partial charge in [0.15, 0.2) is 12.4 Å². The summed E-state index contributed by atoms with van der Waals surface area (Å²) in [5, 5.41) is 7.83. The Bertz CT molecular complexity index is 957. The molecule has 35 heavy (non-hydrogen) atoms. The number of carbonyl (C=O) groups excluding carboxylic acids is 1. The van der Waals surface area contributed by atoms with Crippen LogP contribution < -0.4 is 0 Å². The van der Waals surface area contributed by atoms with Crippen LogP contribution in [0.2, 0.25) is 0 Å². The molecule has 0 N–H and O–H groups in total. The number of ether oxygens (including phenoxy) is 4. The molecule has 190 valence electrons. The van der Waals surface area contributed by atoms with Crippen LogP contribution in [0, 0.1) is 11.8 Å². The molecule has 0 spiro atoms. The Hall–Kier alpha value is -2.46. The van der Waals surface area contributed by atoms with E-state index >= 15 is 0 Å². The van der Waals surface area contributed by atoms with E-state index < -0.39 is 42.7 Å². The van der Waals surface area contributed by atoms with Gasteiger partial charge in [-0.2, -0.15) is 0 Å². The number of nitrogens with zero attached hydrogens (tertiary/aromatic N) is 6. The van der Waals surface area contributed by atoms with Gasteiger partial charge in [0.1, 0.15) is 5.44 Å². The van der Waals surface area contributed by atoms with E-state index in [1.54, 1.807) is 43.0 Å². The quantitative estimate of drug-likeness (QED) is 0.198. The number of azide groups is 2. The van der Waals surface area contributed by atoms with Gasteiger partial charge in [-0.05, 0) is 48.7 Å². The van der Waals surface area contributed by atoms with Gasteiger partial charge >= 0.3 is 5.97 Å². The summed E-state index contributed by atoms with van der Waals surface area (Å²) >= 11 is 1.59. The number of hydrogen-bond acceptors (Lipinski definition) is 8. The summed E-state index contributed by atoms with van der Waals surface area (Å²) in [6, 6.07) is 7.66. The van der Waals surface area contributed by atoms with E-state index in [2.05, 4.69) is 20.1 Å². The molecule has 1 aromatic rings. The van der Waals surface area contributed by atoms with Gasteiger partial charge in [0.05, 0.1) is 36.0 Å². The number of hydrogen-bond donors (Lipinski definition) is 0. The Morgan fingerprint density at radius 3 is 2.11 bits per heavy atom. The molecule has 0 bridgehead atoms. The molecule has 2 heterocycles. The third-order valence-electron chi connectivity index (χ3n) is 6.55. The predicted octanol–water partition coefficient (Wildman–Crippen LogP) is 5.47. The first kappa shape index (κ1) is 27.1. The second-order valence-corrected chi connectivity index (χ2v) is 10.2. The summed E-state index contributed by atoms with van der Waals surface area (Å²) in [4.78, 5) is 18.9. The van der Waals surface area contributed by atoms with Crippen molar-refractivity contribution in [3.05, 3.63) is 56.8 Å². The molecular formula is C23H32N6O5S. The predicted molar refractivity (Wildman–Crippen MR) is 132 cm³/mol. The van der Waals surface area contributed by atoms with E-state index in [0.29, 0.717) is 5.56 Å². The molecule has 11 nitrogen and oxygen atoms in total. The third-order valence-corrected chi connectivity index (χ3v) is 7.60. The molecule has 1 aromatic carbocycles. The van der Waals surface area contributed by atoms with Crippen molar-refractivity contribution in [1.29, 1.82) is 0 Å². The number of rotatable bonds is 8. The third kappa shape index (κ3) is 6.22. The zero-order chi connectivity index (χ0) is 25.5. The normalized spacial score (nSPS) is 36.9. The Balaban J connectivity index is 1.91. The van der Waals surface area contributed by atoms with Crippen molar-refractivity contribution >= 4 is 17.7 Å². The summed E-state index contributed by atoms with van der Waals surface area (Å²) in [5.74, 6) is -0.300. The summed E-state index contributed by atoms with van der Waals surface area (Å²) in [6.07, 6.45) is -3.03. The smallest absolute Gasteiger partial charge is 0.338 e. The van der Waals surface area contributed by atoms with Gasteiger partial charge in [-0.1, -0.05) is 49.2 Å². The minimum atomic E-state index is -0.936. The Morgan fingerprint density at radius 1 is 0.971 bits per heavy atom. The van der Waals surface area contributed by atoms with Crippen LogP contribution in [0.5, 0.6) is 0 Å². The average Bonchev–Trinajstić information content (AvgIpc) is 2.84. The lowest BCUT2D eigenvalue weighted by atomic mass is 9.88. The molecule has 3 rings (SSSR count). The molecule has 10 atom stereocenters. The van der Waals surface area contributed by atoms with Crippen LogP contribution in [-0.4, -0.2) is 59.9 Å². The molecule has 2 aliphatic rings. The average molecular weight is 505 g/mol. The molecule has 0 aromatic heterocycles. The minimum absolute atomic E-state index is 0.187. The molecular weight excluding hydrogens is 472 g/mol. The lowest BCUT2D eigenvalue weighted by Gasteiger charge is -2.47. The van der Waals surface area contributed by atoms with Gasteiger partial charge in [0.25, 0.3) is 0 Å². The van der Waals surface area contributed by atoms with Crippen LogP contribution in [-0.2, 0) is 18.9 Å². The second kappa shape index (κ2) is 12.5. The first-order valence-electron chi connectivity index (χ1n) is 11.7. The van der Waals surface area contributed by atoms with Crippen molar-refractivity contribution in [1.82, 2.24) is 0 Å². The standard InChI is InChI=1S/C23H32N6O5S/c1-6-35-23-20(13(3)18(27-29-25)15(5)32-23)34-22-19(12(2)17(26-28-24)14(4)31-22)33-21(30)16-10-8-7-9-11-16/h7-15,17-20,22-23H,6H2,1-5H3/t12-,13-,14?,15?,17-,18-,19?,20?,22+,23+/m0/s1. The lowest BCUT2D eigenvalue weighted by Crippen LogP contribution is -2.58. The summed E-state index contributed by atoms with van der Waals surface area (Å²) in [6.45, 7) is 9.50. The van der Waals surface area contributed by atoms with E-state index in [-0.39, 0.29) is 23.4 Å².